The molecule has 1 fully saturated rings. The van der Waals surface area contributed by atoms with Gasteiger partial charge in [0.05, 0.1) is 6.10 Å². The summed E-state index contributed by atoms with van der Waals surface area (Å²) >= 11 is 0. The molecular weight excluding hydrogens is 190 g/mol. The summed E-state index contributed by atoms with van der Waals surface area (Å²) in [4.78, 5) is 0. The van der Waals surface area contributed by atoms with Crippen LogP contribution in [0.1, 0.15) is 51.9 Å². The lowest BCUT2D eigenvalue weighted by molar-refractivity contribution is 0.113. The Morgan fingerprint density at radius 2 is 2.00 bits per heavy atom. The Morgan fingerprint density at radius 3 is 2.73 bits per heavy atom. The van der Waals surface area contributed by atoms with Crippen molar-refractivity contribution in [1.82, 2.24) is 5.32 Å². The van der Waals surface area contributed by atoms with E-state index in [1.54, 1.807) is 0 Å². The molecule has 1 aliphatic rings. The van der Waals surface area contributed by atoms with Gasteiger partial charge in [0.15, 0.2) is 0 Å². The first-order valence-corrected chi connectivity index (χ1v) is 6.29. The zero-order valence-corrected chi connectivity index (χ0v) is 9.78. The van der Waals surface area contributed by atoms with Crippen LogP contribution in [0.25, 0.3) is 0 Å². The molecule has 1 aliphatic carbocycles. The molecule has 3 nitrogen and oxygen atoms in total. The van der Waals surface area contributed by atoms with Crippen LogP contribution in [0.4, 0.5) is 0 Å². The summed E-state index contributed by atoms with van der Waals surface area (Å²) in [6.07, 6.45) is 7.31. The van der Waals surface area contributed by atoms with Gasteiger partial charge in [-0.25, -0.2) is 0 Å². The molecule has 0 amide bonds. The molecule has 0 heterocycles. The summed E-state index contributed by atoms with van der Waals surface area (Å²) in [6, 6.07) is 0.663. The lowest BCUT2D eigenvalue weighted by Crippen LogP contribution is -2.43. The fourth-order valence-electron chi connectivity index (χ4n) is 2.33. The summed E-state index contributed by atoms with van der Waals surface area (Å²) in [6.45, 7) is 2.40. The van der Waals surface area contributed by atoms with Crippen LogP contribution in [0.3, 0.4) is 0 Å². The quantitative estimate of drug-likeness (QED) is 0.608. The van der Waals surface area contributed by atoms with Crippen molar-refractivity contribution in [1.29, 1.82) is 0 Å². The molecule has 0 aromatic rings. The van der Waals surface area contributed by atoms with Gasteiger partial charge in [0.2, 0.25) is 0 Å². The molecule has 3 N–H and O–H groups in total. The van der Waals surface area contributed by atoms with Crippen LogP contribution in [-0.4, -0.2) is 35.0 Å². The standard InChI is InChI=1S/C12H25NO2/c1-10(6-5-9-14)13-11-7-3-2-4-8-12(11)15/h10-15H,2-9H2,1H3. The molecule has 0 spiro atoms. The van der Waals surface area contributed by atoms with Crippen LogP contribution in [0.5, 0.6) is 0 Å². The van der Waals surface area contributed by atoms with Crippen molar-refractivity contribution in [3.05, 3.63) is 0 Å². The lowest BCUT2D eigenvalue weighted by Gasteiger charge is -2.25. The summed E-state index contributed by atoms with van der Waals surface area (Å²) in [5.41, 5.74) is 0. The Balaban J connectivity index is 2.27. The SMILES string of the molecule is CC(CCCO)NC1CCCCCC1O. The molecule has 1 saturated carbocycles. The van der Waals surface area contributed by atoms with Crippen molar-refractivity contribution in [3.63, 3.8) is 0 Å². The Morgan fingerprint density at radius 1 is 1.27 bits per heavy atom. The minimum Gasteiger partial charge on any atom is -0.396 e. The van der Waals surface area contributed by atoms with Crippen LogP contribution in [0.15, 0.2) is 0 Å². The maximum Gasteiger partial charge on any atom is 0.0693 e. The van der Waals surface area contributed by atoms with E-state index in [0.717, 1.165) is 32.1 Å². The minimum absolute atomic E-state index is 0.177. The molecule has 0 aromatic carbocycles. The number of aliphatic hydroxyl groups is 2. The van der Waals surface area contributed by atoms with E-state index in [4.69, 9.17) is 5.11 Å². The lowest BCUT2D eigenvalue weighted by atomic mass is 10.0. The van der Waals surface area contributed by atoms with Crippen molar-refractivity contribution in [2.24, 2.45) is 0 Å². The van der Waals surface area contributed by atoms with E-state index in [1.807, 2.05) is 0 Å². The molecule has 3 atom stereocenters. The van der Waals surface area contributed by atoms with E-state index >= 15 is 0 Å². The van der Waals surface area contributed by atoms with Gasteiger partial charge in [0.1, 0.15) is 0 Å². The topological polar surface area (TPSA) is 52.5 Å². The predicted molar refractivity (Wildman–Crippen MR) is 61.8 cm³/mol. The van der Waals surface area contributed by atoms with Crippen molar-refractivity contribution in [3.8, 4) is 0 Å². The van der Waals surface area contributed by atoms with Gasteiger partial charge < -0.3 is 15.5 Å². The van der Waals surface area contributed by atoms with Crippen LogP contribution in [0, 0.1) is 0 Å². The summed E-state index contributed by atoms with van der Waals surface area (Å²) in [7, 11) is 0. The van der Waals surface area contributed by atoms with Crippen molar-refractivity contribution in [2.75, 3.05) is 6.61 Å². The second kappa shape index (κ2) is 7.20. The number of hydrogen-bond acceptors (Lipinski definition) is 3. The normalized spacial score (nSPS) is 29.8. The molecule has 1 rings (SSSR count). The number of rotatable bonds is 5. The average molecular weight is 215 g/mol. The van der Waals surface area contributed by atoms with E-state index in [9.17, 15) is 5.11 Å². The molecule has 3 heteroatoms. The van der Waals surface area contributed by atoms with Gasteiger partial charge >= 0.3 is 0 Å². The van der Waals surface area contributed by atoms with Crippen LogP contribution in [0.2, 0.25) is 0 Å². The summed E-state index contributed by atoms with van der Waals surface area (Å²) < 4.78 is 0. The highest BCUT2D eigenvalue weighted by molar-refractivity contribution is 4.81. The highest BCUT2D eigenvalue weighted by Crippen LogP contribution is 2.18. The second-order valence-corrected chi connectivity index (χ2v) is 4.75. The Kier molecular flexibility index (Phi) is 6.22. The van der Waals surface area contributed by atoms with Gasteiger partial charge in [0, 0.05) is 18.7 Å². The Hall–Kier alpha value is -0.120. The summed E-state index contributed by atoms with van der Waals surface area (Å²) in [5.74, 6) is 0. The van der Waals surface area contributed by atoms with E-state index in [-0.39, 0.29) is 18.8 Å². The smallest absolute Gasteiger partial charge is 0.0693 e. The third kappa shape index (κ3) is 4.96. The largest absolute Gasteiger partial charge is 0.396 e. The van der Waals surface area contributed by atoms with Gasteiger partial charge in [-0.15, -0.1) is 0 Å². The van der Waals surface area contributed by atoms with Crippen LogP contribution >= 0.6 is 0 Å². The molecule has 15 heavy (non-hydrogen) atoms. The zero-order valence-electron chi connectivity index (χ0n) is 9.78. The predicted octanol–water partition coefficient (Wildman–Crippen LogP) is 1.43. The molecule has 0 bridgehead atoms. The van der Waals surface area contributed by atoms with Crippen LogP contribution < -0.4 is 5.32 Å². The second-order valence-electron chi connectivity index (χ2n) is 4.75. The number of aliphatic hydroxyl groups excluding tert-OH is 2. The highest BCUT2D eigenvalue weighted by Gasteiger charge is 2.22. The van der Waals surface area contributed by atoms with Gasteiger partial charge in [-0.1, -0.05) is 19.3 Å². The first kappa shape index (κ1) is 12.9. The Labute approximate surface area is 92.9 Å². The van der Waals surface area contributed by atoms with Crippen LogP contribution in [-0.2, 0) is 0 Å². The van der Waals surface area contributed by atoms with Crippen molar-refractivity contribution >= 4 is 0 Å². The van der Waals surface area contributed by atoms with Crippen molar-refractivity contribution < 1.29 is 10.2 Å². The third-order valence-corrected chi connectivity index (χ3v) is 3.27. The average Bonchev–Trinajstić information content (AvgIpc) is 2.42. The maximum absolute atomic E-state index is 9.91. The van der Waals surface area contributed by atoms with E-state index in [1.165, 1.54) is 12.8 Å². The molecular formula is C12H25NO2. The molecule has 3 unspecified atom stereocenters. The fraction of sp³-hybridized carbons (Fsp3) is 1.00. The summed E-state index contributed by atoms with van der Waals surface area (Å²) in [5, 5.41) is 22.1. The third-order valence-electron chi connectivity index (χ3n) is 3.27. The van der Waals surface area contributed by atoms with E-state index < -0.39 is 0 Å². The molecule has 90 valence electrons. The van der Waals surface area contributed by atoms with Gasteiger partial charge in [-0.3, -0.25) is 0 Å². The van der Waals surface area contributed by atoms with Gasteiger partial charge in [-0.2, -0.15) is 0 Å². The first-order valence-electron chi connectivity index (χ1n) is 6.29. The molecule has 0 aliphatic heterocycles. The fourth-order valence-corrected chi connectivity index (χ4v) is 2.33. The van der Waals surface area contributed by atoms with E-state index in [2.05, 4.69) is 12.2 Å². The molecule has 0 saturated heterocycles. The highest BCUT2D eigenvalue weighted by atomic mass is 16.3. The van der Waals surface area contributed by atoms with E-state index in [0.29, 0.717) is 6.04 Å². The van der Waals surface area contributed by atoms with Crippen molar-refractivity contribution in [2.45, 2.75) is 70.1 Å². The number of nitrogens with one attached hydrogen (secondary N) is 1. The zero-order chi connectivity index (χ0) is 11.1. The van der Waals surface area contributed by atoms with Gasteiger partial charge in [0.25, 0.3) is 0 Å². The Bertz CT molecular complexity index is 164. The minimum atomic E-state index is -0.177. The number of hydrogen-bond donors (Lipinski definition) is 3. The van der Waals surface area contributed by atoms with Gasteiger partial charge in [-0.05, 0) is 32.6 Å². The molecule has 0 radical (unpaired) electrons. The maximum atomic E-state index is 9.91. The molecule has 0 aromatic heterocycles. The first-order chi connectivity index (χ1) is 7.24. The monoisotopic (exact) mass is 215 g/mol.